The summed E-state index contributed by atoms with van der Waals surface area (Å²) in [6, 6.07) is 9.05. The molecule has 2 aromatic carbocycles. The summed E-state index contributed by atoms with van der Waals surface area (Å²) >= 11 is 0. The molecule has 1 saturated heterocycles. The van der Waals surface area contributed by atoms with Crippen LogP contribution < -0.4 is 10.9 Å². The van der Waals surface area contributed by atoms with E-state index in [4.69, 9.17) is 0 Å². The van der Waals surface area contributed by atoms with Gasteiger partial charge in [-0.25, -0.2) is 9.37 Å². The summed E-state index contributed by atoms with van der Waals surface area (Å²) in [6.07, 6.45) is 3.88. The van der Waals surface area contributed by atoms with Crippen molar-refractivity contribution in [1.82, 2.24) is 25.1 Å². The Morgan fingerprint density at radius 3 is 2.82 bits per heavy atom. The van der Waals surface area contributed by atoms with Crippen molar-refractivity contribution in [3.8, 4) is 11.4 Å². The van der Waals surface area contributed by atoms with Crippen molar-refractivity contribution in [1.29, 1.82) is 0 Å². The van der Waals surface area contributed by atoms with Crippen molar-refractivity contribution in [3.05, 3.63) is 58.3 Å². The average molecular weight is 377 g/mol. The van der Waals surface area contributed by atoms with Crippen molar-refractivity contribution in [3.63, 3.8) is 0 Å². The maximum Gasteiger partial charge on any atom is 0.259 e. The fourth-order valence-electron chi connectivity index (χ4n) is 4.05. The van der Waals surface area contributed by atoms with Crippen molar-refractivity contribution in [2.24, 2.45) is 7.05 Å². The highest BCUT2D eigenvalue weighted by molar-refractivity contribution is 5.85. The van der Waals surface area contributed by atoms with Gasteiger partial charge in [0, 0.05) is 24.2 Å². The van der Waals surface area contributed by atoms with Gasteiger partial charge in [-0.1, -0.05) is 6.07 Å². The van der Waals surface area contributed by atoms with Gasteiger partial charge < -0.3 is 10.3 Å². The molecule has 0 saturated carbocycles. The molecule has 0 bridgehead atoms. The Bertz CT molecular complexity index is 1250. The molecule has 2 aromatic heterocycles. The Morgan fingerprint density at radius 1 is 1.18 bits per heavy atom. The zero-order valence-electron chi connectivity index (χ0n) is 15.5. The molecule has 28 heavy (non-hydrogen) atoms. The minimum Gasteiger partial charge on any atom is -0.317 e. The average Bonchev–Trinajstić information content (AvgIpc) is 3.09. The van der Waals surface area contributed by atoms with Crippen LogP contribution in [0.1, 0.15) is 24.3 Å². The first-order valence-electron chi connectivity index (χ1n) is 9.46. The second-order valence-electron chi connectivity index (χ2n) is 7.41. The van der Waals surface area contributed by atoms with Gasteiger partial charge in [0.2, 0.25) is 0 Å². The van der Waals surface area contributed by atoms with E-state index in [9.17, 15) is 9.18 Å². The highest BCUT2D eigenvalue weighted by Crippen LogP contribution is 2.28. The molecule has 1 fully saturated rings. The molecule has 142 valence electrons. The molecular weight excluding hydrogens is 357 g/mol. The Hall–Kier alpha value is -3.06. The number of aryl methyl sites for hydroxylation is 1. The van der Waals surface area contributed by atoms with Crippen LogP contribution in [0.25, 0.3) is 33.2 Å². The number of nitrogens with zero attached hydrogens (tertiary/aromatic N) is 3. The number of benzene rings is 2. The minimum atomic E-state index is -0.433. The third-order valence-electron chi connectivity index (χ3n) is 5.49. The van der Waals surface area contributed by atoms with Crippen molar-refractivity contribution < 1.29 is 4.39 Å². The van der Waals surface area contributed by atoms with Crippen molar-refractivity contribution in [2.45, 2.75) is 18.8 Å². The predicted molar refractivity (Wildman–Crippen MR) is 107 cm³/mol. The van der Waals surface area contributed by atoms with E-state index in [1.165, 1.54) is 11.6 Å². The molecule has 1 aliphatic rings. The molecule has 0 spiro atoms. The Morgan fingerprint density at radius 2 is 2.00 bits per heavy atom. The summed E-state index contributed by atoms with van der Waals surface area (Å²) in [5, 5.41) is 8.71. The van der Waals surface area contributed by atoms with Gasteiger partial charge in [0.1, 0.15) is 11.3 Å². The zero-order valence-corrected chi connectivity index (χ0v) is 15.5. The lowest BCUT2D eigenvalue weighted by molar-refractivity contribution is 0.460. The number of aromatic nitrogens is 4. The standard InChI is InChI=1S/C21H20FN5O/c1-27-11-15-8-14(10-17(22)19(15)26-27)20-24-18-3-2-13(9-16(18)21(28)25-20)12-4-6-23-7-5-12/h2-3,8-12,23H,4-7H2,1H3,(H,24,25,28). The van der Waals surface area contributed by atoms with Crippen molar-refractivity contribution >= 4 is 21.8 Å². The third-order valence-corrected chi connectivity index (χ3v) is 5.49. The quantitative estimate of drug-likeness (QED) is 0.563. The summed E-state index contributed by atoms with van der Waals surface area (Å²) in [5.41, 5.74) is 2.42. The van der Waals surface area contributed by atoms with Crippen LogP contribution >= 0.6 is 0 Å². The lowest BCUT2D eigenvalue weighted by atomic mass is 9.89. The molecule has 0 amide bonds. The molecule has 0 aliphatic carbocycles. The molecule has 5 rings (SSSR count). The lowest BCUT2D eigenvalue weighted by Crippen LogP contribution is -2.26. The number of fused-ring (bicyclic) bond motifs is 2. The number of halogens is 1. The number of rotatable bonds is 2. The maximum atomic E-state index is 14.4. The van der Waals surface area contributed by atoms with Crippen molar-refractivity contribution in [2.75, 3.05) is 13.1 Å². The Balaban J connectivity index is 1.60. The third kappa shape index (κ3) is 2.88. The van der Waals surface area contributed by atoms with Crippen LogP contribution in [-0.4, -0.2) is 32.8 Å². The monoisotopic (exact) mass is 377 g/mol. The van der Waals surface area contributed by atoms with E-state index in [1.807, 2.05) is 12.1 Å². The van der Waals surface area contributed by atoms with E-state index in [0.717, 1.165) is 25.9 Å². The van der Waals surface area contributed by atoms with E-state index in [2.05, 4.69) is 26.4 Å². The summed E-state index contributed by atoms with van der Waals surface area (Å²) in [7, 11) is 1.75. The summed E-state index contributed by atoms with van der Waals surface area (Å²) in [5.74, 6) is 0.390. The van der Waals surface area contributed by atoms with Crippen LogP contribution in [0.4, 0.5) is 4.39 Å². The van der Waals surface area contributed by atoms with Gasteiger partial charge in [0.15, 0.2) is 5.82 Å². The molecule has 1 aliphatic heterocycles. The van der Waals surface area contributed by atoms with E-state index in [0.29, 0.717) is 39.1 Å². The molecule has 2 N–H and O–H groups in total. The fraction of sp³-hybridized carbons (Fsp3) is 0.286. The van der Waals surface area contributed by atoms with Crippen LogP contribution in [0.3, 0.4) is 0 Å². The minimum absolute atomic E-state index is 0.206. The van der Waals surface area contributed by atoms with Gasteiger partial charge in [-0.2, -0.15) is 5.10 Å². The normalized spacial score (nSPS) is 15.5. The highest BCUT2D eigenvalue weighted by atomic mass is 19.1. The number of piperidine rings is 1. The van der Waals surface area contributed by atoms with Gasteiger partial charge in [-0.15, -0.1) is 0 Å². The van der Waals surface area contributed by atoms with E-state index in [-0.39, 0.29) is 5.56 Å². The first-order valence-corrected chi connectivity index (χ1v) is 9.46. The van der Waals surface area contributed by atoms with Crippen LogP contribution in [0.15, 0.2) is 41.3 Å². The highest BCUT2D eigenvalue weighted by Gasteiger charge is 2.17. The second kappa shape index (κ2) is 6.53. The molecule has 4 aromatic rings. The lowest BCUT2D eigenvalue weighted by Gasteiger charge is -2.23. The van der Waals surface area contributed by atoms with E-state index >= 15 is 0 Å². The number of nitrogens with one attached hydrogen (secondary N) is 2. The number of aromatic amines is 1. The van der Waals surface area contributed by atoms with E-state index in [1.54, 1.807) is 24.0 Å². The number of hydrogen-bond acceptors (Lipinski definition) is 4. The summed E-state index contributed by atoms with van der Waals surface area (Å²) in [6.45, 7) is 2.00. The number of H-pyrrole nitrogens is 1. The largest absolute Gasteiger partial charge is 0.317 e. The summed E-state index contributed by atoms with van der Waals surface area (Å²) in [4.78, 5) is 20.2. The van der Waals surface area contributed by atoms with Crippen LogP contribution in [0.5, 0.6) is 0 Å². The van der Waals surface area contributed by atoms with Gasteiger partial charge in [-0.3, -0.25) is 9.48 Å². The van der Waals surface area contributed by atoms with E-state index < -0.39 is 5.82 Å². The molecule has 0 radical (unpaired) electrons. The van der Waals surface area contributed by atoms with Crippen LogP contribution in [0, 0.1) is 5.82 Å². The first kappa shape index (κ1) is 17.1. The van der Waals surface area contributed by atoms with Crippen LogP contribution in [0.2, 0.25) is 0 Å². The van der Waals surface area contributed by atoms with Gasteiger partial charge >= 0.3 is 0 Å². The zero-order chi connectivity index (χ0) is 19.3. The van der Waals surface area contributed by atoms with Gasteiger partial charge in [0.05, 0.1) is 10.9 Å². The molecule has 0 unspecified atom stereocenters. The summed E-state index contributed by atoms with van der Waals surface area (Å²) < 4.78 is 16.0. The van der Waals surface area contributed by atoms with Gasteiger partial charge in [-0.05, 0) is 61.7 Å². The Kier molecular flexibility index (Phi) is 3.98. The maximum absolute atomic E-state index is 14.4. The number of hydrogen-bond donors (Lipinski definition) is 2. The predicted octanol–water partition coefficient (Wildman–Crippen LogP) is 3.08. The first-order chi connectivity index (χ1) is 13.6. The smallest absolute Gasteiger partial charge is 0.259 e. The second-order valence-corrected chi connectivity index (χ2v) is 7.41. The molecule has 6 nitrogen and oxygen atoms in total. The molecular formula is C21H20FN5O. The fourth-order valence-corrected chi connectivity index (χ4v) is 4.05. The topological polar surface area (TPSA) is 75.6 Å². The SMILES string of the molecule is Cn1cc2cc(-c3nc4ccc(C5CCNCC5)cc4c(=O)[nH]3)cc(F)c2n1. The Labute approximate surface area is 160 Å². The molecule has 7 heteroatoms. The molecule has 0 atom stereocenters. The van der Waals surface area contributed by atoms with Gasteiger partial charge in [0.25, 0.3) is 5.56 Å². The molecule has 3 heterocycles. The van der Waals surface area contributed by atoms with Crippen LogP contribution in [-0.2, 0) is 7.05 Å².